The average Bonchev–Trinajstić information content (AvgIpc) is 2.46. The summed E-state index contributed by atoms with van der Waals surface area (Å²) in [4.78, 5) is 2.00. The lowest BCUT2D eigenvalue weighted by Crippen LogP contribution is -2.28. The first-order chi connectivity index (χ1) is 8.48. The summed E-state index contributed by atoms with van der Waals surface area (Å²) in [7, 11) is 0. The number of aliphatic hydroxyl groups is 1. The van der Waals surface area contributed by atoms with Gasteiger partial charge in [-0.15, -0.1) is 0 Å². The second-order valence-electron chi connectivity index (χ2n) is 5.33. The monoisotopic (exact) mass is 255 g/mol. The summed E-state index contributed by atoms with van der Waals surface area (Å²) in [5.74, 6) is -0.989. The van der Waals surface area contributed by atoms with Crippen LogP contribution in [0.5, 0.6) is 0 Å². The fourth-order valence-electron chi connectivity index (χ4n) is 2.38. The molecule has 100 valence electrons. The van der Waals surface area contributed by atoms with E-state index < -0.39 is 17.2 Å². The van der Waals surface area contributed by atoms with E-state index in [0.717, 1.165) is 19.4 Å². The van der Waals surface area contributed by atoms with Crippen molar-refractivity contribution >= 4 is 0 Å². The van der Waals surface area contributed by atoms with E-state index in [2.05, 4.69) is 0 Å². The maximum atomic E-state index is 13.5. The average molecular weight is 255 g/mol. The van der Waals surface area contributed by atoms with Gasteiger partial charge in [0.25, 0.3) is 0 Å². The first kappa shape index (κ1) is 13.4. The van der Waals surface area contributed by atoms with Crippen LogP contribution < -0.4 is 0 Å². The van der Waals surface area contributed by atoms with Crippen molar-refractivity contribution in [3.05, 3.63) is 35.4 Å². The normalized spacial score (nSPS) is 26.0. The van der Waals surface area contributed by atoms with Gasteiger partial charge >= 0.3 is 0 Å². The zero-order valence-corrected chi connectivity index (χ0v) is 10.6. The van der Waals surface area contributed by atoms with Crippen LogP contribution in [-0.2, 0) is 6.54 Å². The van der Waals surface area contributed by atoms with Gasteiger partial charge in [0.15, 0.2) is 0 Å². The zero-order valence-electron chi connectivity index (χ0n) is 10.6. The molecule has 0 aliphatic carbocycles. The lowest BCUT2D eigenvalue weighted by molar-refractivity contribution is 0.0443. The SMILES string of the molecule is CC1(O)CCCN(Cc2c(F)cccc2F)CC1. The van der Waals surface area contributed by atoms with Crippen LogP contribution in [0.2, 0.25) is 0 Å². The van der Waals surface area contributed by atoms with Crippen LogP contribution >= 0.6 is 0 Å². The highest BCUT2D eigenvalue weighted by atomic mass is 19.1. The molecule has 0 spiro atoms. The van der Waals surface area contributed by atoms with Gasteiger partial charge in [-0.3, -0.25) is 4.90 Å². The number of halogens is 2. The number of hydrogen-bond acceptors (Lipinski definition) is 2. The third-order valence-corrected chi connectivity index (χ3v) is 3.60. The molecule has 2 rings (SSSR count). The van der Waals surface area contributed by atoms with E-state index in [4.69, 9.17) is 0 Å². The van der Waals surface area contributed by atoms with Crippen molar-refractivity contribution in [2.75, 3.05) is 13.1 Å². The molecule has 0 bridgehead atoms. The Labute approximate surface area is 106 Å². The number of hydrogen-bond donors (Lipinski definition) is 1. The summed E-state index contributed by atoms with van der Waals surface area (Å²) >= 11 is 0. The maximum Gasteiger partial charge on any atom is 0.130 e. The van der Waals surface area contributed by atoms with E-state index in [-0.39, 0.29) is 12.1 Å². The fourth-order valence-corrected chi connectivity index (χ4v) is 2.38. The smallest absolute Gasteiger partial charge is 0.130 e. The zero-order chi connectivity index (χ0) is 13.2. The molecule has 0 amide bonds. The molecule has 1 fully saturated rings. The van der Waals surface area contributed by atoms with E-state index in [1.165, 1.54) is 18.2 Å². The molecular weight excluding hydrogens is 236 g/mol. The van der Waals surface area contributed by atoms with Crippen LogP contribution in [-0.4, -0.2) is 28.7 Å². The van der Waals surface area contributed by atoms with Gasteiger partial charge in [-0.05, 0) is 44.9 Å². The van der Waals surface area contributed by atoms with Crippen molar-refractivity contribution in [2.24, 2.45) is 0 Å². The van der Waals surface area contributed by atoms with E-state index in [0.29, 0.717) is 13.0 Å². The van der Waals surface area contributed by atoms with Gasteiger partial charge in [0.1, 0.15) is 11.6 Å². The van der Waals surface area contributed by atoms with E-state index in [1.54, 1.807) is 0 Å². The quantitative estimate of drug-likeness (QED) is 0.878. The Hall–Kier alpha value is -1.00. The summed E-state index contributed by atoms with van der Waals surface area (Å²) < 4.78 is 27.1. The van der Waals surface area contributed by atoms with Gasteiger partial charge < -0.3 is 5.11 Å². The second kappa shape index (κ2) is 5.33. The predicted octanol–water partition coefficient (Wildman–Crippen LogP) is 2.70. The molecule has 1 N–H and O–H groups in total. The standard InChI is InChI=1S/C14H19F2NO/c1-14(18)6-3-8-17(9-7-14)10-11-12(15)4-2-5-13(11)16/h2,4-5,18H,3,6-10H2,1H3. The van der Waals surface area contributed by atoms with E-state index in [1.807, 2.05) is 11.8 Å². The topological polar surface area (TPSA) is 23.5 Å². The van der Waals surface area contributed by atoms with Crippen LogP contribution in [0.3, 0.4) is 0 Å². The molecule has 0 saturated carbocycles. The summed E-state index contributed by atoms with van der Waals surface area (Å²) in [5, 5.41) is 9.97. The van der Waals surface area contributed by atoms with Crippen molar-refractivity contribution in [1.29, 1.82) is 0 Å². The number of nitrogens with zero attached hydrogens (tertiary/aromatic N) is 1. The van der Waals surface area contributed by atoms with Crippen molar-refractivity contribution in [3.8, 4) is 0 Å². The Kier molecular flexibility index (Phi) is 3.97. The van der Waals surface area contributed by atoms with Crippen LogP contribution in [0.25, 0.3) is 0 Å². The van der Waals surface area contributed by atoms with Gasteiger partial charge in [-0.25, -0.2) is 8.78 Å². The second-order valence-corrected chi connectivity index (χ2v) is 5.33. The molecule has 1 heterocycles. The molecule has 0 radical (unpaired) electrons. The summed E-state index contributed by atoms with van der Waals surface area (Å²) in [6.07, 6.45) is 2.23. The Balaban J connectivity index is 2.05. The minimum absolute atomic E-state index is 0.124. The van der Waals surface area contributed by atoms with E-state index in [9.17, 15) is 13.9 Å². The van der Waals surface area contributed by atoms with Crippen molar-refractivity contribution in [2.45, 2.75) is 38.3 Å². The molecule has 1 unspecified atom stereocenters. The molecule has 2 nitrogen and oxygen atoms in total. The largest absolute Gasteiger partial charge is 0.390 e. The Morgan fingerprint density at radius 1 is 1.22 bits per heavy atom. The van der Waals surface area contributed by atoms with Gasteiger partial charge in [0.05, 0.1) is 5.60 Å². The fraction of sp³-hybridized carbons (Fsp3) is 0.571. The Bertz CT molecular complexity index is 400. The summed E-state index contributed by atoms with van der Waals surface area (Å²) in [5.41, 5.74) is -0.526. The highest BCUT2D eigenvalue weighted by Gasteiger charge is 2.25. The first-order valence-electron chi connectivity index (χ1n) is 6.35. The molecule has 1 atom stereocenters. The number of rotatable bonds is 2. The molecule has 1 saturated heterocycles. The molecule has 18 heavy (non-hydrogen) atoms. The van der Waals surface area contributed by atoms with E-state index >= 15 is 0 Å². The maximum absolute atomic E-state index is 13.5. The Morgan fingerprint density at radius 3 is 2.56 bits per heavy atom. The summed E-state index contributed by atoms with van der Waals surface area (Å²) in [6.45, 7) is 3.53. The first-order valence-corrected chi connectivity index (χ1v) is 6.35. The van der Waals surface area contributed by atoms with Crippen LogP contribution in [0.15, 0.2) is 18.2 Å². The molecular formula is C14H19F2NO. The van der Waals surface area contributed by atoms with Crippen LogP contribution in [0.1, 0.15) is 31.7 Å². The lowest BCUT2D eigenvalue weighted by Gasteiger charge is -2.22. The minimum Gasteiger partial charge on any atom is -0.390 e. The number of likely N-dealkylation sites (tertiary alicyclic amines) is 1. The highest BCUT2D eigenvalue weighted by Crippen LogP contribution is 2.23. The Morgan fingerprint density at radius 2 is 1.89 bits per heavy atom. The summed E-state index contributed by atoms with van der Waals surface area (Å²) in [6, 6.07) is 3.94. The third-order valence-electron chi connectivity index (χ3n) is 3.60. The molecule has 1 aromatic rings. The van der Waals surface area contributed by atoms with Crippen molar-refractivity contribution < 1.29 is 13.9 Å². The molecule has 0 aromatic heterocycles. The predicted molar refractivity (Wildman–Crippen MR) is 66.1 cm³/mol. The molecule has 1 aliphatic heterocycles. The lowest BCUT2D eigenvalue weighted by atomic mass is 9.98. The number of benzene rings is 1. The van der Waals surface area contributed by atoms with Crippen LogP contribution in [0.4, 0.5) is 8.78 Å². The molecule has 1 aliphatic rings. The minimum atomic E-state index is -0.650. The van der Waals surface area contributed by atoms with Gasteiger partial charge in [0, 0.05) is 18.7 Å². The van der Waals surface area contributed by atoms with Gasteiger partial charge in [0.2, 0.25) is 0 Å². The molecule has 1 aromatic carbocycles. The van der Waals surface area contributed by atoms with Gasteiger partial charge in [-0.2, -0.15) is 0 Å². The van der Waals surface area contributed by atoms with Crippen LogP contribution in [0, 0.1) is 11.6 Å². The van der Waals surface area contributed by atoms with Crippen molar-refractivity contribution in [3.63, 3.8) is 0 Å². The third kappa shape index (κ3) is 3.27. The van der Waals surface area contributed by atoms with Crippen molar-refractivity contribution in [1.82, 2.24) is 4.90 Å². The molecule has 4 heteroatoms. The van der Waals surface area contributed by atoms with Gasteiger partial charge in [-0.1, -0.05) is 6.07 Å². The highest BCUT2D eigenvalue weighted by molar-refractivity contribution is 5.19.